The van der Waals surface area contributed by atoms with Crippen LogP contribution in [-0.4, -0.2) is 62.2 Å². The standard InChI is InChI=1S/C18H22ClN5O4S2/c1-10(26)16(9-25)28-18(30-11-4-12(19)14(5-20)24-6-11)15(27)8-22-7-13(21)17-23-2-3-29-17/h2-4,6-7,10,15-16,18,22,25-27H,8-9,21H2,1H3/b13-7-. The van der Waals surface area contributed by atoms with Crippen molar-refractivity contribution >= 4 is 40.4 Å². The molecular formula is C18H22ClN5O4S2. The number of aromatic nitrogens is 2. The smallest absolute Gasteiger partial charge is 0.159 e. The summed E-state index contributed by atoms with van der Waals surface area (Å²) < 4.78 is 5.73. The summed E-state index contributed by atoms with van der Waals surface area (Å²) in [7, 11) is 0. The second-order valence-corrected chi connectivity index (χ2v) is 8.58. The van der Waals surface area contributed by atoms with Gasteiger partial charge in [-0.15, -0.1) is 11.3 Å². The van der Waals surface area contributed by atoms with Crippen molar-refractivity contribution in [3.63, 3.8) is 0 Å². The lowest BCUT2D eigenvalue weighted by molar-refractivity contribution is -0.0933. The van der Waals surface area contributed by atoms with Crippen molar-refractivity contribution in [1.82, 2.24) is 15.3 Å². The Labute approximate surface area is 187 Å². The second-order valence-electron chi connectivity index (χ2n) is 6.11. The van der Waals surface area contributed by atoms with Gasteiger partial charge in [-0.1, -0.05) is 23.4 Å². The van der Waals surface area contributed by atoms with Gasteiger partial charge in [0.25, 0.3) is 0 Å². The molecule has 2 aromatic rings. The molecule has 0 aromatic carbocycles. The highest BCUT2D eigenvalue weighted by Gasteiger charge is 2.27. The van der Waals surface area contributed by atoms with E-state index < -0.39 is 30.4 Å². The van der Waals surface area contributed by atoms with Gasteiger partial charge in [0.2, 0.25) is 0 Å². The number of halogens is 1. The summed E-state index contributed by atoms with van der Waals surface area (Å²) >= 11 is 8.50. The highest BCUT2D eigenvalue weighted by molar-refractivity contribution is 7.99. The van der Waals surface area contributed by atoms with E-state index in [4.69, 9.17) is 27.3 Å². The van der Waals surface area contributed by atoms with Crippen molar-refractivity contribution in [3.05, 3.63) is 45.8 Å². The van der Waals surface area contributed by atoms with Crippen molar-refractivity contribution in [2.24, 2.45) is 5.73 Å². The van der Waals surface area contributed by atoms with Crippen molar-refractivity contribution < 1.29 is 20.1 Å². The van der Waals surface area contributed by atoms with E-state index >= 15 is 0 Å². The van der Waals surface area contributed by atoms with Gasteiger partial charge in [-0.25, -0.2) is 9.97 Å². The van der Waals surface area contributed by atoms with E-state index in [1.165, 1.54) is 36.7 Å². The summed E-state index contributed by atoms with van der Waals surface area (Å²) in [6.45, 7) is 1.11. The number of nitrogens with two attached hydrogens (primary N) is 1. The Morgan fingerprint density at radius 2 is 2.27 bits per heavy atom. The number of aliphatic hydroxyl groups is 3. The summed E-state index contributed by atoms with van der Waals surface area (Å²) in [6.07, 6.45) is 1.68. The van der Waals surface area contributed by atoms with Crippen LogP contribution in [0.2, 0.25) is 5.02 Å². The van der Waals surface area contributed by atoms with E-state index in [0.29, 0.717) is 15.6 Å². The van der Waals surface area contributed by atoms with E-state index in [9.17, 15) is 15.3 Å². The number of rotatable bonds is 11. The summed E-state index contributed by atoms with van der Waals surface area (Å²) in [5.74, 6) is 0. The van der Waals surface area contributed by atoms with E-state index in [1.54, 1.807) is 11.6 Å². The molecule has 0 spiro atoms. The number of nitrogens with one attached hydrogen (secondary N) is 1. The van der Waals surface area contributed by atoms with Crippen LogP contribution < -0.4 is 11.1 Å². The molecule has 4 atom stereocenters. The zero-order chi connectivity index (χ0) is 22.1. The van der Waals surface area contributed by atoms with Crippen molar-refractivity contribution in [2.45, 2.75) is 35.6 Å². The lowest BCUT2D eigenvalue weighted by atomic mass is 10.2. The molecule has 0 aliphatic rings. The van der Waals surface area contributed by atoms with Crippen molar-refractivity contribution in [3.8, 4) is 6.07 Å². The largest absolute Gasteiger partial charge is 0.395 e. The van der Waals surface area contributed by atoms with E-state index in [1.807, 2.05) is 6.07 Å². The summed E-state index contributed by atoms with van der Waals surface area (Å²) in [6, 6.07) is 3.41. The van der Waals surface area contributed by atoms with E-state index in [-0.39, 0.29) is 17.3 Å². The molecular weight excluding hydrogens is 450 g/mol. The monoisotopic (exact) mass is 471 g/mol. The molecule has 12 heteroatoms. The Bertz CT molecular complexity index is 876. The zero-order valence-corrected chi connectivity index (χ0v) is 18.4. The topological polar surface area (TPSA) is 158 Å². The fourth-order valence-electron chi connectivity index (χ4n) is 2.19. The van der Waals surface area contributed by atoms with Crippen LogP contribution in [0.3, 0.4) is 0 Å². The molecule has 2 heterocycles. The quantitative estimate of drug-likeness (QED) is 0.238. The molecule has 0 aliphatic heterocycles. The molecule has 2 rings (SSSR count). The molecule has 6 N–H and O–H groups in total. The molecule has 4 unspecified atom stereocenters. The third-order valence-electron chi connectivity index (χ3n) is 3.78. The number of nitrogens with zero attached hydrogens (tertiary/aromatic N) is 3. The van der Waals surface area contributed by atoms with Gasteiger partial charge in [0.15, 0.2) is 5.69 Å². The number of hydrogen-bond donors (Lipinski definition) is 5. The first kappa shape index (κ1) is 24.4. The molecule has 0 amide bonds. The fraction of sp³-hybridized carbons (Fsp3) is 0.389. The predicted octanol–water partition coefficient (Wildman–Crippen LogP) is 1.15. The third-order valence-corrected chi connectivity index (χ3v) is 6.04. The lowest BCUT2D eigenvalue weighted by Crippen LogP contribution is -2.41. The molecule has 0 radical (unpaired) electrons. The van der Waals surface area contributed by atoms with Crippen molar-refractivity contribution in [2.75, 3.05) is 13.2 Å². The molecule has 0 aliphatic carbocycles. The number of pyridine rings is 1. The van der Waals surface area contributed by atoms with Crippen LogP contribution in [0.15, 0.2) is 34.9 Å². The molecule has 0 saturated carbocycles. The maximum atomic E-state index is 10.6. The Morgan fingerprint density at radius 1 is 1.50 bits per heavy atom. The SMILES string of the molecule is CC(O)C(CO)OC(Sc1cnc(C#N)c(Cl)c1)C(O)CN/C=C(\N)c1nccs1. The summed E-state index contributed by atoms with van der Waals surface area (Å²) in [4.78, 5) is 8.60. The minimum Gasteiger partial charge on any atom is -0.395 e. The first-order chi connectivity index (χ1) is 14.3. The van der Waals surface area contributed by atoms with Crippen LogP contribution in [0.4, 0.5) is 0 Å². The van der Waals surface area contributed by atoms with E-state index in [2.05, 4.69) is 15.3 Å². The van der Waals surface area contributed by atoms with Crippen LogP contribution in [0, 0.1) is 11.3 Å². The number of hydrogen-bond acceptors (Lipinski definition) is 11. The maximum absolute atomic E-state index is 10.6. The Kier molecular flexibility index (Phi) is 9.80. The molecule has 0 saturated heterocycles. The minimum atomic E-state index is -1.06. The van der Waals surface area contributed by atoms with Crippen LogP contribution in [0.1, 0.15) is 17.6 Å². The number of ether oxygens (including phenoxy) is 1. The lowest BCUT2D eigenvalue weighted by Gasteiger charge is -2.28. The predicted molar refractivity (Wildman–Crippen MR) is 116 cm³/mol. The zero-order valence-electron chi connectivity index (χ0n) is 16.0. The Hall–Kier alpha value is -1.91. The molecule has 30 heavy (non-hydrogen) atoms. The Balaban J connectivity index is 2.10. The third kappa shape index (κ3) is 7.10. The van der Waals surface area contributed by atoms with Crippen molar-refractivity contribution in [1.29, 1.82) is 5.26 Å². The van der Waals surface area contributed by atoms with Gasteiger partial charge in [0, 0.05) is 35.4 Å². The number of aliphatic hydroxyl groups excluding tert-OH is 3. The van der Waals surface area contributed by atoms with Crippen LogP contribution >= 0.6 is 34.7 Å². The molecule has 0 fully saturated rings. The highest BCUT2D eigenvalue weighted by Crippen LogP contribution is 2.30. The fourth-order valence-corrected chi connectivity index (χ4v) is 4.05. The summed E-state index contributed by atoms with van der Waals surface area (Å²) in [5.41, 5.74) is 5.54. The van der Waals surface area contributed by atoms with Gasteiger partial charge in [-0.05, 0) is 13.0 Å². The number of thiazole rings is 1. The Morgan fingerprint density at radius 3 is 2.83 bits per heavy atom. The number of thioether (sulfide) groups is 1. The van der Waals surface area contributed by atoms with Gasteiger partial charge < -0.3 is 31.1 Å². The summed E-state index contributed by atoms with van der Waals surface area (Å²) in [5, 5.41) is 44.4. The normalized spacial score (nSPS) is 15.8. The van der Waals surface area contributed by atoms with Gasteiger partial charge in [0.1, 0.15) is 28.7 Å². The van der Waals surface area contributed by atoms with Crippen LogP contribution in [-0.2, 0) is 4.74 Å². The minimum absolute atomic E-state index is 0.0686. The second kappa shape index (κ2) is 12.1. The molecule has 0 bridgehead atoms. The van der Waals surface area contributed by atoms with Crippen LogP contribution in [0.25, 0.3) is 5.70 Å². The van der Waals surface area contributed by atoms with Gasteiger partial charge in [-0.2, -0.15) is 5.26 Å². The number of nitriles is 1. The van der Waals surface area contributed by atoms with Crippen LogP contribution in [0.5, 0.6) is 0 Å². The first-order valence-electron chi connectivity index (χ1n) is 8.79. The highest BCUT2D eigenvalue weighted by atomic mass is 35.5. The molecule has 9 nitrogen and oxygen atoms in total. The van der Waals surface area contributed by atoms with Gasteiger partial charge in [0.05, 0.1) is 23.4 Å². The van der Waals surface area contributed by atoms with E-state index in [0.717, 1.165) is 11.8 Å². The van der Waals surface area contributed by atoms with Gasteiger partial charge in [-0.3, -0.25) is 0 Å². The molecule has 162 valence electrons. The average Bonchev–Trinajstić information content (AvgIpc) is 3.25. The average molecular weight is 472 g/mol. The maximum Gasteiger partial charge on any atom is 0.159 e. The van der Waals surface area contributed by atoms with Gasteiger partial charge >= 0.3 is 0 Å². The molecule has 2 aromatic heterocycles. The first-order valence-corrected chi connectivity index (χ1v) is 10.9.